The second-order valence-electron chi connectivity index (χ2n) is 19.1. The molecule has 4 aliphatic rings. The van der Waals surface area contributed by atoms with Gasteiger partial charge < -0.3 is 9.47 Å². The molecule has 1 aromatic heterocycles. The summed E-state index contributed by atoms with van der Waals surface area (Å²) >= 11 is 0. The number of rotatable bonds is 7. The molecule has 4 aliphatic carbocycles. The molecule has 2 bridgehead atoms. The molecule has 60 heavy (non-hydrogen) atoms. The molecule has 296 valence electrons. The van der Waals surface area contributed by atoms with Crippen molar-refractivity contribution >= 4 is 38.9 Å². The van der Waals surface area contributed by atoms with Crippen LogP contribution in [0.15, 0.2) is 158 Å². The number of anilines is 3. The Kier molecular flexibility index (Phi) is 8.48. The highest BCUT2D eigenvalue weighted by Gasteiger charge is 2.41. The fourth-order valence-electron chi connectivity index (χ4n) is 12.5. The highest BCUT2D eigenvalue weighted by Crippen LogP contribution is 2.56. The van der Waals surface area contributed by atoms with Crippen LogP contribution in [0.2, 0.25) is 0 Å². The molecule has 0 saturated heterocycles. The molecule has 3 unspecified atom stereocenters. The molecule has 8 aromatic rings. The van der Waals surface area contributed by atoms with Crippen LogP contribution in [0.1, 0.15) is 106 Å². The van der Waals surface area contributed by atoms with Gasteiger partial charge in [-0.25, -0.2) is 0 Å². The number of nitrogens with zero attached hydrogens (tertiary/aromatic N) is 2. The van der Waals surface area contributed by atoms with Gasteiger partial charge in [-0.05, 0) is 161 Å². The smallest absolute Gasteiger partial charge is 0.0588 e. The van der Waals surface area contributed by atoms with Crippen molar-refractivity contribution in [3.05, 3.63) is 180 Å². The maximum atomic E-state index is 2.53. The van der Waals surface area contributed by atoms with Gasteiger partial charge in [-0.3, -0.25) is 0 Å². The van der Waals surface area contributed by atoms with E-state index in [9.17, 15) is 0 Å². The van der Waals surface area contributed by atoms with Crippen molar-refractivity contribution < 1.29 is 0 Å². The lowest BCUT2D eigenvalue weighted by molar-refractivity contribution is 0.420. The van der Waals surface area contributed by atoms with Gasteiger partial charge in [0, 0.05) is 38.9 Å². The Morgan fingerprint density at radius 2 is 1.22 bits per heavy atom. The van der Waals surface area contributed by atoms with Gasteiger partial charge in [0.05, 0.1) is 11.0 Å². The molecule has 2 heteroatoms. The van der Waals surface area contributed by atoms with Crippen molar-refractivity contribution in [2.45, 2.75) is 88.9 Å². The Morgan fingerprint density at radius 3 is 1.92 bits per heavy atom. The molecule has 12 rings (SSSR count). The minimum absolute atomic E-state index is 0.245. The Labute approximate surface area is 355 Å². The second kappa shape index (κ2) is 14.1. The molecule has 7 aromatic carbocycles. The van der Waals surface area contributed by atoms with Crippen LogP contribution in [0.5, 0.6) is 0 Å². The fourth-order valence-corrected chi connectivity index (χ4v) is 12.5. The van der Waals surface area contributed by atoms with Gasteiger partial charge in [-0.15, -0.1) is 0 Å². The van der Waals surface area contributed by atoms with Crippen LogP contribution in [0, 0.1) is 11.8 Å². The zero-order valence-corrected chi connectivity index (χ0v) is 35.1. The normalized spacial score (nSPS) is 20.5. The third kappa shape index (κ3) is 5.74. The van der Waals surface area contributed by atoms with E-state index in [0.717, 1.165) is 17.8 Å². The molecule has 3 saturated carbocycles. The van der Waals surface area contributed by atoms with Crippen molar-refractivity contribution in [3.63, 3.8) is 0 Å². The van der Waals surface area contributed by atoms with E-state index in [1.54, 1.807) is 0 Å². The van der Waals surface area contributed by atoms with Crippen molar-refractivity contribution in [1.82, 2.24) is 4.57 Å². The summed E-state index contributed by atoms with van der Waals surface area (Å²) in [5, 5.41) is 2.60. The quantitative estimate of drug-likeness (QED) is 0.156. The molecule has 3 fully saturated rings. The fraction of sp³-hybridized carbons (Fsp3) is 0.276. The molecule has 0 spiro atoms. The molecule has 0 N–H and O–H groups in total. The SMILES string of the molecule is CC1(C)c2cc(N(c3ccc(C4CCCCC4)cc3)c3ccc(C4CC5CCC4C5)cc3)ccc2-c2ccc3c4cc(-c5ccccc5)ccc4n(-c4ccccc4)c3c21. The number of aromatic nitrogens is 1. The Balaban J connectivity index is 0.995. The van der Waals surface area contributed by atoms with E-state index >= 15 is 0 Å². The minimum Gasteiger partial charge on any atom is -0.310 e. The average molecular weight is 779 g/mol. The lowest BCUT2D eigenvalue weighted by Gasteiger charge is -2.30. The first kappa shape index (κ1) is 36.0. The molecule has 1 heterocycles. The predicted octanol–water partition coefficient (Wildman–Crippen LogP) is 16.2. The highest BCUT2D eigenvalue weighted by molar-refractivity contribution is 6.14. The van der Waals surface area contributed by atoms with Crippen LogP contribution < -0.4 is 4.90 Å². The Bertz CT molecular complexity index is 2880. The van der Waals surface area contributed by atoms with Gasteiger partial charge in [-0.1, -0.05) is 137 Å². The van der Waals surface area contributed by atoms with E-state index in [2.05, 4.69) is 181 Å². The number of benzene rings is 7. The first-order valence-corrected chi connectivity index (χ1v) is 22.9. The van der Waals surface area contributed by atoms with E-state index in [0.29, 0.717) is 5.92 Å². The molecular formula is C58H54N2. The largest absolute Gasteiger partial charge is 0.310 e. The summed E-state index contributed by atoms with van der Waals surface area (Å²) in [7, 11) is 0. The second-order valence-corrected chi connectivity index (χ2v) is 19.1. The number of hydrogen-bond donors (Lipinski definition) is 0. The van der Waals surface area contributed by atoms with Crippen molar-refractivity contribution in [2.24, 2.45) is 11.8 Å². The van der Waals surface area contributed by atoms with Crippen LogP contribution in [0.4, 0.5) is 17.1 Å². The zero-order chi connectivity index (χ0) is 40.0. The summed E-state index contributed by atoms with van der Waals surface area (Å²) in [6, 6.07) is 60.3. The van der Waals surface area contributed by atoms with E-state index in [1.165, 1.54) is 147 Å². The van der Waals surface area contributed by atoms with Crippen LogP contribution in [0.3, 0.4) is 0 Å². The lowest BCUT2D eigenvalue weighted by Crippen LogP contribution is -2.18. The van der Waals surface area contributed by atoms with Crippen molar-refractivity contribution in [2.75, 3.05) is 4.90 Å². The van der Waals surface area contributed by atoms with Crippen LogP contribution in [-0.2, 0) is 5.41 Å². The van der Waals surface area contributed by atoms with Crippen LogP contribution in [-0.4, -0.2) is 4.57 Å². The number of para-hydroxylation sites is 1. The van der Waals surface area contributed by atoms with Crippen LogP contribution in [0.25, 0.3) is 49.7 Å². The monoisotopic (exact) mass is 778 g/mol. The summed E-state index contributed by atoms with van der Waals surface area (Å²) in [4.78, 5) is 2.52. The zero-order valence-electron chi connectivity index (χ0n) is 35.1. The first-order chi connectivity index (χ1) is 29.5. The molecule has 0 amide bonds. The van der Waals surface area contributed by atoms with Gasteiger partial charge in [-0.2, -0.15) is 0 Å². The third-order valence-corrected chi connectivity index (χ3v) is 15.4. The van der Waals surface area contributed by atoms with E-state index in [1.807, 2.05) is 0 Å². The average Bonchev–Trinajstić information content (AvgIpc) is 4.08. The maximum absolute atomic E-state index is 2.53. The minimum atomic E-state index is -0.245. The first-order valence-electron chi connectivity index (χ1n) is 22.9. The Morgan fingerprint density at radius 1 is 0.533 bits per heavy atom. The van der Waals surface area contributed by atoms with Crippen molar-refractivity contribution in [3.8, 4) is 27.9 Å². The highest BCUT2D eigenvalue weighted by atomic mass is 15.1. The third-order valence-electron chi connectivity index (χ3n) is 15.4. The van der Waals surface area contributed by atoms with Gasteiger partial charge in [0.15, 0.2) is 0 Å². The summed E-state index contributed by atoms with van der Waals surface area (Å²) in [6.07, 6.45) is 12.4. The van der Waals surface area contributed by atoms with Gasteiger partial charge in [0.2, 0.25) is 0 Å². The summed E-state index contributed by atoms with van der Waals surface area (Å²) in [5.41, 5.74) is 18.2. The predicted molar refractivity (Wildman–Crippen MR) is 252 cm³/mol. The summed E-state index contributed by atoms with van der Waals surface area (Å²) in [5.74, 6) is 3.24. The van der Waals surface area contributed by atoms with Crippen molar-refractivity contribution in [1.29, 1.82) is 0 Å². The van der Waals surface area contributed by atoms with Gasteiger partial charge in [0.1, 0.15) is 0 Å². The molecule has 0 radical (unpaired) electrons. The van der Waals surface area contributed by atoms with E-state index in [-0.39, 0.29) is 5.41 Å². The molecular weight excluding hydrogens is 725 g/mol. The summed E-state index contributed by atoms with van der Waals surface area (Å²) in [6.45, 7) is 4.91. The maximum Gasteiger partial charge on any atom is 0.0588 e. The molecule has 3 atom stereocenters. The Hall–Kier alpha value is -5.86. The standard InChI is InChI=1S/C58H54N2/c1-58(2)54-37-48(59(46-25-20-41(21-26-46)39-12-6-3-7-13-39)47-27-22-42(23-28-47)52-35-38-18-19-44(52)34-38)29-30-49(54)50-31-32-51-53-36-43(40-14-8-4-9-15-40)24-33-55(53)60(57(51)56(50)58)45-16-10-5-11-17-45/h4-5,8-11,14-17,20-33,36-39,44,52H,3,6-7,12-13,18-19,34-35H2,1-2H3. The van der Waals surface area contributed by atoms with E-state index in [4.69, 9.17) is 0 Å². The number of fused-ring (bicyclic) bond motifs is 9. The molecule has 0 aliphatic heterocycles. The van der Waals surface area contributed by atoms with E-state index < -0.39 is 0 Å². The van der Waals surface area contributed by atoms with Crippen LogP contribution >= 0.6 is 0 Å². The molecule has 2 nitrogen and oxygen atoms in total. The topological polar surface area (TPSA) is 8.17 Å². The van der Waals surface area contributed by atoms with Gasteiger partial charge in [0.25, 0.3) is 0 Å². The number of hydrogen-bond acceptors (Lipinski definition) is 1. The lowest BCUT2D eigenvalue weighted by atomic mass is 9.81. The van der Waals surface area contributed by atoms with Gasteiger partial charge >= 0.3 is 0 Å². The summed E-state index contributed by atoms with van der Waals surface area (Å²) < 4.78 is 2.53.